The third-order valence-corrected chi connectivity index (χ3v) is 5.34. The number of hydrogen-bond donors (Lipinski definition) is 0. The van der Waals surface area contributed by atoms with Gasteiger partial charge in [-0.1, -0.05) is 42.5 Å². The number of carbonyl (C=O) groups is 1. The van der Waals surface area contributed by atoms with Gasteiger partial charge in [-0.25, -0.2) is 0 Å². The molecule has 0 N–H and O–H groups in total. The van der Waals surface area contributed by atoms with Gasteiger partial charge in [0.1, 0.15) is 0 Å². The minimum Gasteiger partial charge on any atom is -0.378 e. The van der Waals surface area contributed by atoms with Crippen molar-refractivity contribution in [2.75, 3.05) is 63.9 Å². The lowest BCUT2D eigenvalue weighted by molar-refractivity contribution is 0.0643. The molecule has 2 fully saturated rings. The Labute approximate surface area is 171 Å². The number of nitrogens with zero attached hydrogens (tertiary/aromatic N) is 5. The van der Waals surface area contributed by atoms with Crippen LogP contribution in [0.25, 0.3) is 6.08 Å². The van der Waals surface area contributed by atoms with E-state index in [1.165, 1.54) is 5.56 Å². The van der Waals surface area contributed by atoms with Gasteiger partial charge in [-0.3, -0.25) is 9.69 Å². The summed E-state index contributed by atoms with van der Waals surface area (Å²) in [6.45, 7) is 7.07. The molecule has 1 aromatic carbocycles. The molecule has 152 valence electrons. The van der Waals surface area contributed by atoms with E-state index >= 15 is 0 Å². The molecule has 0 atom stereocenters. The SMILES string of the molecule is O=C(c1ccc(N2CCOCC2)nn1)N1CCN(C/C=C/c2ccccc2)CC1. The number of benzene rings is 1. The van der Waals surface area contributed by atoms with E-state index in [0.717, 1.165) is 38.5 Å². The van der Waals surface area contributed by atoms with Crippen molar-refractivity contribution in [2.45, 2.75) is 0 Å². The number of carbonyl (C=O) groups excluding carboxylic acids is 1. The summed E-state index contributed by atoms with van der Waals surface area (Å²) in [6, 6.07) is 14.0. The second-order valence-electron chi connectivity index (χ2n) is 7.28. The molecule has 7 nitrogen and oxygen atoms in total. The van der Waals surface area contributed by atoms with Crippen molar-refractivity contribution in [1.29, 1.82) is 0 Å². The molecule has 0 aliphatic carbocycles. The zero-order valence-electron chi connectivity index (χ0n) is 16.6. The van der Waals surface area contributed by atoms with Gasteiger partial charge in [0.15, 0.2) is 11.5 Å². The first kappa shape index (κ1) is 19.5. The molecule has 0 radical (unpaired) electrons. The minimum atomic E-state index is -0.0366. The third kappa shape index (κ3) is 5.19. The lowest BCUT2D eigenvalue weighted by Gasteiger charge is -2.34. The van der Waals surface area contributed by atoms with E-state index in [4.69, 9.17) is 4.74 Å². The molecule has 7 heteroatoms. The summed E-state index contributed by atoms with van der Waals surface area (Å²) in [4.78, 5) is 19.1. The largest absolute Gasteiger partial charge is 0.378 e. The summed E-state index contributed by atoms with van der Waals surface area (Å²) >= 11 is 0. The van der Waals surface area contributed by atoms with Crippen LogP contribution in [-0.4, -0.2) is 84.9 Å². The number of rotatable bonds is 5. The molecule has 2 aliphatic heterocycles. The zero-order chi connectivity index (χ0) is 19.9. The fourth-order valence-corrected chi connectivity index (χ4v) is 3.60. The maximum absolute atomic E-state index is 12.8. The average Bonchev–Trinajstić information content (AvgIpc) is 2.80. The Kier molecular flexibility index (Phi) is 6.49. The first-order valence-corrected chi connectivity index (χ1v) is 10.2. The summed E-state index contributed by atoms with van der Waals surface area (Å²) in [6.07, 6.45) is 4.33. The van der Waals surface area contributed by atoms with Crippen molar-refractivity contribution in [3.63, 3.8) is 0 Å². The van der Waals surface area contributed by atoms with E-state index in [-0.39, 0.29) is 5.91 Å². The molecule has 29 heavy (non-hydrogen) atoms. The number of hydrogen-bond acceptors (Lipinski definition) is 6. The second kappa shape index (κ2) is 9.62. The number of aromatic nitrogens is 2. The van der Waals surface area contributed by atoms with Gasteiger partial charge in [0, 0.05) is 45.8 Å². The average molecular weight is 393 g/mol. The molecule has 3 heterocycles. The highest BCUT2D eigenvalue weighted by atomic mass is 16.5. The van der Waals surface area contributed by atoms with E-state index in [1.807, 2.05) is 29.2 Å². The van der Waals surface area contributed by atoms with Gasteiger partial charge in [-0.15, -0.1) is 10.2 Å². The first-order valence-electron chi connectivity index (χ1n) is 10.2. The smallest absolute Gasteiger partial charge is 0.274 e. The third-order valence-electron chi connectivity index (χ3n) is 5.34. The van der Waals surface area contributed by atoms with E-state index in [0.29, 0.717) is 32.0 Å². The molecule has 2 aromatic rings. The minimum absolute atomic E-state index is 0.0366. The Bertz CT molecular complexity index is 811. The molecular weight excluding hydrogens is 366 g/mol. The highest BCUT2D eigenvalue weighted by molar-refractivity contribution is 5.92. The Hall–Kier alpha value is -2.77. The molecule has 1 aromatic heterocycles. The number of anilines is 1. The molecule has 4 rings (SSSR count). The molecule has 0 spiro atoms. The Morgan fingerprint density at radius 3 is 2.38 bits per heavy atom. The van der Waals surface area contributed by atoms with E-state index in [2.05, 4.69) is 44.3 Å². The Balaban J connectivity index is 1.26. The highest BCUT2D eigenvalue weighted by Gasteiger charge is 2.23. The fraction of sp³-hybridized carbons (Fsp3) is 0.409. The van der Waals surface area contributed by atoms with Crippen LogP contribution in [0.1, 0.15) is 16.1 Å². The normalized spacial score (nSPS) is 18.3. The van der Waals surface area contributed by atoms with Gasteiger partial charge in [-0.2, -0.15) is 0 Å². The van der Waals surface area contributed by atoms with Gasteiger partial charge in [0.25, 0.3) is 5.91 Å². The lowest BCUT2D eigenvalue weighted by atomic mass is 10.2. The van der Waals surface area contributed by atoms with Crippen LogP contribution in [0.3, 0.4) is 0 Å². The van der Waals surface area contributed by atoms with Crippen LogP contribution in [0.5, 0.6) is 0 Å². The molecule has 1 amide bonds. The van der Waals surface area contributed by atoms with Gasteiger partial charge in [0.2, 0.25) is 0 Å². The standard InChI is InChI=1S/C22H27N5O2/c28-22(20-8-9-21(24-23-20)26-15-17-29-18-16-26)27-13-11-25(12-14-27)10-4-7-19-5-2-1-3-6-19/h1-9H,10-18H2/b7-4+. The van der Waals surface area contributed by atoms with Crippen LogP contribution in [0, 0.1) is 0 Å². The summed E-state index contributed by atoms with van der Waals surface area (Å²) in [5.41, 5.74) is 1.62. The predicted octanol–water partition coefficient (Wildman–Crippen LogP) is 1.78. The molecule has 0 unspecified atom stereocenters. The van der Waals surface area contributed by atoms with E-state index < -0.39 is 0 Å². The van der Waals surface area contributed by atoms with Crippen molar-refractivity contribution in [3.8, 4) is 0 Å². The van der Waals surface area contributed by atoms with E-state index in [1.54, 1.807) is 6.07 Å². The van der Waals surface area contributed by atoms with Crippen LogP contribution in [0.2, 0.25) is 0 Å². The summed E-state index contributed by atoms with van der Waals surface area (Å²) in [5, 5.41) is 8.44. The number of amides is 1. The maximum atomic E-state index is 12.8. The summed E-state index contributed by atoms with van der Waals surface area (Å²) < 4.78 is 5.36. The summed E-state index contributed by atoms with van der Waals surface area (Å²) in [7, 11) is 0. The molecular formula is C22H27N5O2. The number of morpholine rings is 1. The van der Waals surface area contributed by atoms with E-state index in [9.17, 15) is 4.79 Å². The zero-order valence-corrected chi connectivity index (χ0v) is 16.6. The van der Waals surface area contributed by atoms with Crippen molar-refractivity contribution in [2.24, 2.45) is 0 Å². The number of ether oxygens (including phenoxy) is 1. The fourth-order valence-electron chi connectivity index (χ4n) is 3.60. The van der Waals surface area contributed by atoms with Gasteiger partial charge in [-0.05, 0) is 17.7 Å². The van der Waals surface area contributed by atoms with Crippen LogP contribution in [-0.2, 0) is 4.74 Å². The molecule has 0 saturated carbocycles. The molecule has 0 bridgehead atoms. The first-order chi connectivity index (χ1) is 14.3. The second-order valence-corrected chi connectivity index (χ2v) is 7.28. The van der Waals surface area contributed by atoms with Gasteiger partial charge < -0.3 is 14.5 Å². The Morgan fingerprint density at radius 1 is 0.931 bits per heavy atom. The lowest BCUT2D eigenvalue weighted by Crippen LogP contribution is -2.48. The highest BCUT2D eigenvalue weighted by Crippen LogP contribution is 2.13. The van der Waals surface area contributed by atoms with Crippen molar-refractivity contribution < 1.29 is 9.53 Å². The van der Waals surface area contributed by atoms with Crippen molar-refractivity contribution >= 4 is 17.8 Å². The van der Waals surface area contributed by atoms with Gasteiger partial charge >= 0.3 is 0 Å². The van der Waals surface area contributed by atoms with Crippen LogP contribution < -0.4 is 4.90 Å². The van der Waals surface area contributed by atoms with Crippen LogP contribution >= 0.6 is 0 Å². The predicted molar refractivity (Wildman–Crippen MR) is 113 cm³/mol. The molecule has 2 saturated heterocycles. The Morgan fingerprint density at radius 2 is 1.69 bits per heavy atom. The van der Waals surface area contributed by atoms with Gasteiger partial charge in [0.05, 0.1) is 13.2 Å². The van der Waals surface area contributed by atoms with Crippen LogP contribution in [0.15, 0.2) is 48.5 Å². The number of piperazine rings is 1. The summed E-state index contributed by atoms with van der Waals surface area (Å²) in [5.74, 6) is 0.769. The van der Waals surface area contributed by atoms with Crippen LogP contribution in [0.4, 0.5) is 5.82 Å². The maximum Gasteiger partial charge on any atom is 0.274 e. The quantitative estimate of drug-likeness (QED) is 0.772. The van der Waals surface area contributed by atoms with Crippen molar-refractivity contribution in [3.05, 3.63) is 59.8 Å². The molecule has 2 aliphatic rings. The monoisotopic (exact) mass is 393 g/mol. The topological polar surface area (TPSA) is 61.8 Å². The van der Waals surface area contributed by atoms with Crippen molar-refractivity contribution in [1.82, 2.24) is 20.0 Å².